The zero-order chi connectivity index (χ0) is 16.9. The second-order valence-corrected chi connectivity index (χ2v) is 6.13. The molecule has 0 spiro atoms. The summed E-state index contributed by atoms with van der Waals surface area (Å²) in [5.74, 6) is 0.884. The first-order valence-corrected chi connectivity index (χ1v) is 8.59. The van der Waals surface area contributed by atoms with Crippen LogP contribution in [0, 0.1) is 0 Å². The molecule has 0 amide bonds. The predicted molar refractivity (Wildman–Crippen MR) is 94.3 cm³/mol. The number of nitrogens with zero attached hydrogens (tertiary/aromatic N) is 6. The van der Waals surface area contributed by atoms with Crippen LogP contribution in [0.25, 0.3) is 5.69 Å². The molecule has 0 aliphatic carbocycles. The van der Waals surface area contributed by atoms with Crippen molar-refractivity contribution in [1.29, 1.82) is 0 Å². The van der Waals surface area contributed by atoms with Gasteiger partial charge in [-0.15, -0.1) is 5.10 Å². The van der Waals surface area contributed by atoms with Gasteiger partial charge in [0.15, 0.2) is 5.82 Å². The van der Waals surface area contributed by atoms with Crippen LogP contribution in [0.15, 0.2) is 54.9 Å². The van der Waals surface area contributed by atoms with E-state index < -0.39 is 0 Å². The van der Waals surface area contributed by atoms with Crippen molar-refractivity contribution >= 4 is 0 Å². The largest absolute Gasteiger partial charge is 0.314 e. The van der Waals surface area contributed by atoms with Crippen LogP contribution in [0.2, 0.25) is 0 Å². The zero-order valence-corrected chi connectivity index (χ0v) is 14.0. The highest BCUT2D eigenvalue weighted by molar-refractivity contribution is 5.30. The maximum absolute atomic E-state index is 4.27. The highest BCUT2D eigenvalue weighted by Crippen LogP contribution is 2.21. The number of benzene rings is 1. The van der Waals surface area contributed by atoms with E-state index in [9.17, 15) is 0 Å². The lowest BCUT2D eigenvalue weighted by atomic mass is 10.1. The fourth-order valence-electron chi connectivity index (χ4n) is 3.29. The molecule has 1 aliphatic heterocycles. The number of aromatic nitrogens is 5. The second-order valence-electron chi connectivity index (χ2n) is 6.13. The summed E-state index contributed by atoms with van der Waals surface area (Å²) in [4.78, 5) is 6.75. The predicted octanol–water partition coefficient (Wildman–Crippen LogP) is 1.25. The number of piperazine rings is 1. The number of para-hydroxylation sites is 1. The van der Waals surface area contributed by atoms with Crippen LogP contribution in [0.3, 0.4) is 0 Å². The SMILES string of the molecule is c1ccc(-n2nnnc2CCN2CCNCC2c2cccnc2)cc1. The molecule has 4 rings (SSSR count). The van der Waals surface area contributed by atoms with Gasteiger partial charge in [-0.1, -0.05) is 24.3 Å². The van der Waals surface area contributed by atoms with E-state index in [0.29, 0.717) is 6.04 Å². The molecule has 3 aromatic rings. The topological polar surface area (TPSA) is 71.8 Å². The summed E-state index contributed by atoms with van der Waals surface area (Å²) in [6, 6.07) is 14.5. The molecule has 2 aromatic heterocycles. The highest BCUT2D eigenvalue weighted by Gasteiger charge is 2.24. The highest BCUT2D eigenvalue weighted by atomic mass is 15.5. The Morgan fingerprint density at radius 3 is 2.88 bits per heavy atom. The molecule has 0 saturated carbocycles. The average Bonchev–Trinajstić information content (AvgIpc) is 3.17. The lowest BCUT2D eigenvalue weighted by Crippen LogP contribution is -2.46. The Kier molecular flexibility index (Phi) is 4.76. The Balaban J connectivity index is 1.48. The van der Waals surface area contributed by atoms with Crippen molar-refractivity contribution in [1.82, 2.24) is 35.4 Å². The van der Waals surface area contributed by atoms with E-state index in [1.54, 1.807) is 0 Å². The van der Waals surface area contributed by atoms with Gasteiger partial charge in [-0.2, -0.15) is 4.68 Å². The van der Waals surface area contributed by atoms with Crippen molar-refractivity contribution in [2.45, 2.75) is 12.5 Å². The third kappa shape index (κ3) is 3.57. The fourth-order valence-corrected chi connectivity index (χ4v) is 3.29. The van der Waals surface area contributed by atoms with Gasteiger partial charge in [0, 0.05) is 51.0 Å². The van der Waals surface area contributed by atoms with Gasteiger partial charge in [-0.05, 0) is 34.2 Å². The van der Waals surface area contributed by atoms with Crippen LogP contribution in [-0.2, 0) is 6.42 Å². The molecule has 1 N–H and O–H groups in total. The van der Waals surface area contributed by atoms with E-state index in [1.165, 1.54) is 5.56 Å². The minimum absolute atomic E-state index is 0.337. The Bertz CT molecular complexity index is 787. The van der Waals surface area contributed by atoms with Crippen LogP contribution >= 0.6 is 0 Å². The maximum atomic E-state index is 4.27. The van der Waals surface area contributed by atoms with E-state index in [-0.39, 0.29) is 0 Å². The lowest BCUT2D eigenvalue weighted by Gasteiger charge is -2.36. The quantitative estimate of drug-likeness (QED) is 0.756. The lowest BCUT2D eigenvalue weighted by molar-refractivity contribution is 0.162. The van der Waals surface area contributed by atoms with Crippen LogP contribution < -0.4 is 5.32 Å². The van der Waals surface area contributed by atoms with Gasteiger partial charge < -0.3 is 5.32 Å². The molecular weight excluding hydrogens is 314 g/mol. The Morgan fingerprint density at radius 1 is 1.12 bits per heavy atom. The van der Waals surface area contributed by atoms with Crippen molar-refractivity contribution in [3.63, 3.8) is 0 Å². The van der Waals surface area contributed by atoms with E-state index in [2.05, 4.69) is 36.8 Å². The van der Waals surface area contributed by atoms with Crippen molar-refractivity contribution in [3.05, 3.63) is 66.2 Å². The minimum atomic E-state index is 0.337. The van der Waals surface area contributed by atoms with E-state index in [1.807, 2.05) is 53.5 Å². The van der Waals surface area contributed by atoms with Crippen molar-refractivity contribution in [2.24, 2.45) is 0 Å². The van der Waals surface area contributed by atoms with Crippen LogP contribution in [0.1, 0.15) is 17.4 Å². The molecule has 0 bridgehead atoms. The third-order valence-corrected chi connectivity index (χ3v) is 4.58. The molecule has 25 heavy (non-hydrogen) atoms. The van der Waals surface area contributed by atoms with Crippen molar-refractivity contribution in [2.75, 3.05) is 26.2 Å². The van der Waals surface area contributed by atoms with Gasteiger partial charge in [-0.25, -0.2) is 0 Å². The van der Waals surface area contributed by atoms with Crippen LogP contribution in [0.5, 0.6) is 0 Å². The van der Waals surface area contributed by atoms with Gasteiger partial charge in [-0.3, -0.25) is 9.88 Å². The van der Waals surface area contributed by atoms with Gasteiger partial charge >= 0.3 is 0 Å². The molecule has 0 radical (unpaired) electrons. The second kappa shape index (κ2) is 7.50. The first-order valence-electron chi connectivity index (χ1n) is 8.59. The number of nitrogens with one attached hydrogen (secondary N) is 1. The molecule has 1 saturated heterocycles. The number of hydrogen-bond donors (Lipinski definition) is 1. The summed E-state index contributed by atoms with van der Waals surface area (Å²) in [7, 11) is 0. The molecule has 1 unspecified atom stereocenters. The summed E-state index contributed by atoms with van der Waals surface area (Å²) < 4.78 is 1.82. The van der Waals surface area contributed by atoms with Gasteiger partial charge in [0.2, 0.25) is 0 Å². The Morgan fingerprint density at radius 2 is 2.04 bits per heavy atom. The molecular formula is C18H21N7. The van der Waals surface area contributed by atoms with Crippen molar-refractivity contribution < 1.29 is 0 Å². The number of hydrogen-bond acceptors (Lipinski definition) is 6. The average molecular weight is 335 g/mol. The molecule has 1 aromatic carbocycles. The molecule has 7 heteroatoms. The molecule has 1 aliphatic rings. The third-order valence-electron chi connectivity index (χ3n) is 4.58. The van der Waals surface area contributed by atoms with E-state index in [4.69, 9.17) is 0 Å². The van der Waals surface area contributed by atoms with Gasteiger partial charge in [0.25, 0.3) is 0 Å². The summed E-state index contributed by atoms with van der Waals surface area (Å²) in [6.45, 7) is 3.86. The van der Waals surface area contributed by atoms with Gasteiger partial charge in [0.05, 0.1) is 5.69 Å². The summed E-state index contributed by atoms with van der Waals surface area (Å²) >= 11 is 0. The molecule has 7 nitrogen and oxygen atoms in total. The van der Waals surface area contributed by atoms with E-state index in [0.717, 1.165) is 44.1 Å². The standard InChI is InChI=1S/C18H21N7/c1-2-6-16(7-3-1)25-18(21-22-23-25)8-11-24-12-10-20-14-17(24)15-5-4-9-19-13-15/h1-7,9,13,17,20H,8,10-12,14H2. The number of tetrazole rings is 1. The molecule has 3 heterocycles. The van der Waals surface area contributed by atoms with E-state index >= 15 is 0 Å². The number of pyridine rings is 1. The van der Waals surface area contributed by atoms with Crippen LogP contribution in [-0.4, -0.2) is 56.3 Å². The Labute approximate surface area is 146 Å². The number of rotatable bonds is 5. The molecule has 1 atom stereocenters. The minimum Gasteiger partial charge on any atom is -0.314 e. The molecule has 128 valence electrons. The summed E-state index contributed by atoms with van der Waals surface area (Å²) in [5.41, 5.74) is 2.24. The normalized spacial score (nSPS) is 18.3. The molecule has 1 fully saturated rings. The fraction of sp³-hybridized carbons (Fsp3) is 0.333. The zero-order valence-electron chi connectivity index (χ0n) is 14.0. The summed E-state index contributed by atoms with van der Waals surface area (Å²) in [6.07, 6.45) is 4.58. The smallest absolute Gasteiger partial charge is 0.157 e. The van der Waals surface area contributed by atoms with Gasteiger partial charge in [0.1, 0.15) is 0 Å². The van der Waals surface area contributed by atoms with Crippen molar-refractivity contribution in [3.8, 4) is 5.69 Å². The maximum Gasteiger partial charge on any atom is 0.157 e. The van der Waals surface area contributed by atoms with Crippen LogP contribution in [0.4, 0.5) is 0 Å². The monoisotopic (exact) mass is 335 g/mol. The first-order chi connectivity index (χ1) is 12.4. The summed E-state index contributed by atoms with van der Waals surface area (Å²) in [5, 5.41) is 15.7. The Hall–Kier alpha value is -2.64. The first kappa shape index (κ1) is 15.9.